The average Bonchev–Trinajstić information content (AvgIpc) is 2.58. The molecular formula is C20H24Cl2N2O. The van der Waals surface area contributed by atoms with Crippen LogP contribution in [0.1, 0.15) is 37.8 Å². The molecule has 2 aromatic rings. The second kappa shape index (κ2) is 8.70. The van der Waals surface area contributed by atoms with Crippen LogP contribution in [0.2, 0.25) is 10.0 Å². The first-order valence-electron chi connectivity index (χ1n) is 8.33. The number of hydrogen-bond donors (Lipinski definition) is 1. The Bertz CT molecular complexity index is 729. The zero-order valence-corrected chi connectivity index (χ0v) is 16.5. The Hall–Kier alpha value is -1.55. The molecule has 0 saturated carbocycles. The lowest BCUT2D eigenvalue weighted by molar-refractivity contribution is -0.120. The van der Waals surface area contributed by atoms with Gasteiger partial charge in [0.1, 0.15) is 0 Å². The third-order valence-corrected chi connectivity index (χ3v) is 5.19. The maximum Gasteiger partial charge on any atom is 0.241 e. The molecule has 0 unspecified atom stereocenters. The maximum absolute atomic E-state index is 12.5. The van der Waals surface area contributed by atoms with Gasteiger partial charge in [-0.05, 0) is 49.2 Å². The van der Waals surface area contributed by atoms with Gasteiger partial charge in [0.2, 0.25) is 5.91 Å². The number of carbonyl (C=O) groups excluding carboxylic acids is 1. The molecule has 2 aromatic carbocycles. The summed E-state index contributed by atoms with van der Waals surface area (Å²) in [6, 6.07) is 13.2. The van der Waals surface area contributed by atoms with Crippen molar-refractivity contribution < 1.29 is 4.79 Å². The SMILES string of the molecule is CC(C)c1ccc(NC(=O)[C@H](C)N(C)Cc2cccc(Cl)c2Cl)cc1. The van der Waals surface area contributed by atoms with Crippen LogP contribution in [-0.2, 0) is 11.3 Å². The molecule has 0 radical (unpaired) electrons. The van der Waals surface area contributed by atoms with Gasteiger partial charge >= 0.3 is 0 Å². The highest BCUT2D eigenvalue weighted by molar-refractivity contribution is 6.42. The lowest BCUT2D eigenvalue weighted by Gasteiger charge is -2.24. The number of benzene rings is 2. The van der Waals surface area contributed by atoms with Crippen LogP contribution in [0.4, 0.5) is 5.69 Å². The molecule has 0 saturated heterocycles. The van der Waals surface area contributed by atoms with E-state index in [1.165, 1.54) is 5.56 Å². The second-order valence-electron chi connectivity index (χ2n) is 6.57. The summed E-state index contributed by atoms with van der Waals surface area (Å²) in [5, 5.41) is 4.02. The first kappa shape index (κ1) is 19.8. The molecule has 0 bridgehead atoms. The van der Waals surface area contributed by atoms with Crippen molar-refractivity contribution in [3.8, 4) is 0 Å². The molecule has 1 amide bonds. The number of amides is 1. The minimum Gasteiger partial charge on any atom is -0.325 e. The van der Waals surface area contributed by atoms with Crippen molar-refractivity contribution in [2.45, 2.75) is 39.3 Å². The summed E-state index contributed by atoms with van der Waals surface area (Å²) in [4.78, 5) is 14.4. The summed E-state index contributed by atoms with van der Waals surface area (Å²) in [5.74, 6) is 0.412. The van der Waals surface area contributed by atoms with Gasteiger partial charge in [0.15, 0.2) is 0 Å². The van der Waals surface area contributed by atoms with Gasteiger partial charge in [0.05, 0.1) is 16.1 Å². The number of likely N-dealkylation sites (N-methyl/N-ethyl adjacent to an activating group) is 1. The van der Waals surface area contributed by atoms with E-state index in [-0.39, 0.29) is 11.9 Å². The molecule has 1 atom stereocenters. The molecule has 25 heavy (non-hydrogen) atoms. The number of hydrogen-bond acceptors (Lipinski definition) is 2. The Morgan fingerprint density at radius 1 is 1.08 bits per heavy atom. The molecule has 5 heteroatoms. The van der Waals surface area contributed by atoms with E-state index < -0.39 is 0 Å². The maximum atomic E-state index is 12.5. The predicted molar refractivity (Wildman–Crippen MR) is 107 cm³/mol. The summed E-state index contributed by atoms with van der Waals surface area (Å²) in [6.45, 7) is 6.70. The van der Waals surface area contributed by atoms with E-state index in [9.17, 15) is 4.79 Å². The van der Waals surface area contributed by atoms with Crippen molar-refractivity contribution in [1.82, 2.24) is 4.90 Å². The predicted octanol–water partition coefficient (Wildman–Crippen LogP) is 5.58. The quantitative estimate of drug-likeness (QED) is 0.711. The van der Waals surface area contributed by atoms with Crippen LogP contribution in [0.15, 0.2) is 42.5 Å². The largest absolute Gasteiger partial charge is 0.325 e. The topological polar surface area (TPSA) is 32.3 Å². The van der Waals surface area contributed by atoms with E-state index in [2.05, 4.69) is 19.2 Å². The number of rotatable bonds is 6. The van der Waals surface area contributed by atoms with E-state index in [0.717, 1.165) is 11.3 Å². The highest BCUT2D eigenvalue weighted by Gasteiger charge is 2.19. The third kappa shape index (κ3) is 5.21. The fourth-order valence-corrected chi connectivity index (χ4v) is 2.85. The van der Waals surface area contributed by atoms with Gasteiger partial charge in [-0.3, -0.25) is 9.69 Å². The number of anilines is 1. The zero-order chi connectivity index (χ0) is 18.6. The Labute approximate surface area is 159 Å². The van der Waals surface area contributed by atoms with E-state index in [4.69, 9.17) is 23.2 Å². The molecule has 134 valence electrons. The van der Waals surface area contributed by atoms with Crippen LogP contribution < -0.4 is 5.32 Å². The molecule has 0 aliphatic carbocycles. The minimum absolute atomic E-state index is 0.0575. The van der Waals surface area contributed by atoms with Gasteiger partial charge in [-0.25, -0.2) is 0 Å². The molecule has 3 nitrogen and oxygen atoms in total. The summed E-state index contributed by atoms with van der Waals surface area (Å²) >= 11 is 12.3. The third-order valence-electron chi connectivity index (χ3n) is 4.34. The van der Waals surface area contributed by atoms with Crippen LogP contribution in [-0.4, -0.2) is 23.9 Å². The summed E-state index contributed by atoms with van der Waals surface area (Å²) in [7, 11) is 1.89. The lowest BCUT2D eigenvalue weighted by atomic mass is 10.0. The van der Waals surface area contributed by atoms with Crippen LogP contribution in [0.3, 0.4) is 0 Å². The van der Waals surface area contributed by atoms with E-state index in [0.29, 0.717) is 22.5 Å². The normalized spacial score (nSPS) is 12.5. The standard InChI is InChI=1S/C20H24Cl2N2O/c1-13(2)15-8-10-17(11-9-15)23-20(25)14(3)24(4)12-16-6-5-7-18(21)19(16)22/h5-11,13-14H,12H2,1-4H3,(H,23,25)/t14-/m0/s1. The Balaban J connectivity index is 1.99. The van der Waals surface area contributed by atoms with Crippen molar-refractivity contribution in [3.05, 3.63) is 63.6 Å². The average molecular weight is 379 g/mol. The molecule has 0 aromatic heterocycles. The van der Waals surface area contributed by atoms with E-state index in [1.807, 2.05) is 55.3 Å². The van der Waals surface area contributed by atoms with Gasteiger partial charge < -0.3 is 5.32 Å². The highest BCUT2D eigenvalue weighted by Crippen LogP contribution is 2.26. The van der Waals surface area contributed by atoms with Gasteiger partial charge in [-0.15, -0.1) is 0 Å². The monoisotopic (exact) mass is 378 g/mol. The van der Waals surface area contributed by atoms with Gasteiger partial charge in [-0.2, -0.15) is 0 Å². The summed E-state index contributed by atoms with van der Waals surface area (Å²) in [6.07, 6.45) is 0. The van der Waals surface area contributed by atoms with Crippen LogP contribution >= 0.6 is 23.2 Å². The zero-order valence-electron chi connectivity index (χ0n) is 15.0. The van der Waals surface area contributed by atoms with Crippen molar-refractivity contribution >= 4 is 34.8 Å². The lowest BCUT2D eigenvalue weighted by Crippen LogP contribution is -2.39. The fourth-order valence-electron chi connectivity index (χ4n) is 2.47. The Morgan fingerprint density at radius 2 is 1.72 bits per heavy atom. The molecule has 0 spiro atoms. The molecule has 0 heterocycles. The van der Waals surface area contributed by atoms with Crippen molar-refractivity contribution in [1.29, 1.82) is 0 Å². The molecule has 0 aliphatic heterocycles. The van der Waals surface area contributed by atoms with Gasteiger partial charge in [0.25, 0.3) is 0 Å². The Morgan fingerprint density at radius 3 is 2.32 bits per heavy atom. The first-order valence-corrected chi connectivity index (χ1v) is 9.09. The molecule has 0 fully saturated rings. The molecular weight excluding hydrogens is 355 g/mol. The van der Waals surface area contributed by atoms with E-state index >= 15 is 0 Å². The van der Waals surface area contributed by atoms with Crippen LogP contribution in [0.5, 0.6) is 0 Å². The number of nitrogens with zero attached hydrogens (tertiary/aromatic N) is 1. The minimum atomic E-state index is -0.306. The number of nitrogens with one attached hydrogen (secondary N) is 1. The molecule has 2 rings (SSSR count). The number of carbonyl (C=O) groups is 1. The van der Waals surface area contributed by atoms with Crippen LogP contribution in [0, 0.1) is 0 Å². The van der Waals surface area contributed by atoms with E-state index in [1.54, 1.807) is 6.07 Å². The van der Waals surface area contributed by atoms with Crippen molar-refractivity contribution in [2.24, 2.45) is 0 Å². The summed E-state index contributed by atoms with van der Waals surface area (Å²) < 4.78 is 0. The summed E-state index contributed by atoms with van der Waals surface area (Å²) in [5.41, 5.74) is 2.95. The fraction of sp³-hybridized carbons (Fsp3) is 0.350. The highest BCUT2D eigenvalue weighted by atomic mass is 35.5. The van der Waals surface area contributed by atoms with Gasteiger partial charge in [0, 0.05) is 12.2 Å². The molecule has 1 N–H and O–H groups in total. The molecule has 0 aliphatic rings. The Kier molecular flexibility index (Phi) is 6.88. The number of halogens is 2. The van der Waals surface area contributed by atoms with Crippen molar-refractivity contribution in [3.63, 3.8) is 0 Å². The van der Waals surface area contributed by atoms with Gasteiger partial charge in [-0.1, -0.05) is 61.3 Å². The second-order valence-corrected chi connectivity index (χ2v) is 7.36. The van der Waals surface area contributed by atoms with Crippen molar-refractivity contribution in [2.75, 3.05) is 12.4 Å². The first-order chi connectivity index (χ1) is 11.8. The smallest absolute Gasteiger partial charge is 0.241 e. The van der Waals surface area contributed by atoms with Crippen LogP contribution in [0.25, 0.3) is 0 Å².